The summed E-state index contributed by atoms with van der Waals surface area (Å²) in [5, 5.41) is 11.6. The molecule has 18 heavy (non-hydrogen) atoms. The fourth-order valence-corrected chi connectivity index (χ4v) is 1.81. The Morgan fingerprint density at radius 1 is 1.33 bits per heavy atom. The van der Waals surface area contributed by atoms with Gasteiger partial charge in [0.1, 0.15) is 12.1 Å². The predicted molar refractivity (Wildman–Crippen MR) is 66.1 cm³/mol. The molecule has 0 spiro atoms. The highest BCUT2D eigenvalue weighted by Crippen LogP contribution is 2.11. The molecule has 0 unspecified atom stereocenters. The molecule has 0 aromatic carbocycles. The van der Waals surface area contributed by atoms with E-state index in [-0.39, 0.29) is 0 Å². The van der Waals surface area contributed by atoms with Crippen molar-refractivity contribution in [3.8, 4) is 0 Å². The summed E-state index contributed by atoms with van der Waals surface area (Å²) in [7, 11) is 1.92. The van der Waals surface area contributed by atoms with E-state index in [4.69, 9.17) is 0 Å². The first-order valence-corrected chi connectivity index (χ1v) is 5.62. The van der Waals surface area contributed by atoms with E-state index in [2.05, 4.69) is 25.5 Å². The summed E-state index contributed by atoms with van der Waals surface area (Å²) in [5.74, 6) is 1.47. The van der Waals surface area contributed by atoms with Crippen LogP contribution in [0.25, 0.3) is 5.78 Å². The fraction of sp³-hybridized carbons (Fsp3) is 0.273. The van der Waals surface area contributed by atoms with E-state index in [9.17, 15) is 0 Å². The summed E-state index contributed by atoms with van der Waals surface area (Å²) < 4.78 is 3.52. The molecule has 3 aromatic rings. The molecule has 0 atom stereocenters. The van der Waals surface area contributed by atoms with Crippen LogP contribution in [0.1, 0.15) is 11.4 Å². The summed E-state index contributed by atoms with van der Waals surface area (Å²) in [6, 6.07) is 3.91. The molecular formula is C11H13N7. The van der Waals surface area contributed by atoms with Gasteiger partial charge in [0.15, 0.2) is 0 Å². The van der Waals surface area contributed by atoms with Gasteiger partial charge in [0.05, 0.1) is 12.2 Å². The van der Waals surface area contributed by atoms with E-state index < -0.39 is 0 Å². The Balaban J connectivity index is 1.90. The van der Waals surface area contributed by atoms with Crippen LogP contribution in [0, 0.1) is 6.92 Å². The van der Waals surface area contributed by atoms with Crippen molar-refractivity contribution in [2.75, 3.05) is 5.32 Å². The van der Waals surface area contributed by atoms with Crippen molar-refractivity contribution >= 4 is 11.6 Å². The lowest BCUT2D eigenvalue weighted by Gasteiger charge is -2.08. The second-order valence-corrected chi connectivity index (χ2v) is 4.05. The van der Waals surface area contributed by atoms with Crippen LogP contribution in [0.2, 0.25) is 0 Å². The van der Waals surface area contributed by atoms with E-state index in [0.717, 1.165) is 17.2 Å². The minimum atomic E-state index is 0.600. The summed E-state index contributed by atoms with van der Waals surface area (Å²) in [4.78, 5) is 8.38. The molecule has 3 aromatic heterocycles. The maximum absolute atomic E-state index is 4.29. The Morgan fingerprint density at radius 2 is 2.22 bits per heavy atom. The van der Waals surface area contributed by atoms with Gasteiger partial charge in [-0.3, -0.25) is 4.68 Å². The SMILES string of the molecule is Cc1cc(NCc2ccnn2C)n2ncnc2n1. The van der Waals surface area contributed by atoms with Gasteiger partial charge in [-0.1, -0.05) is 0 Å². The van der Waals surface area contributed by atoms with Gasteiger partial charge in [0.25, 0.3) is 5.78 Å². The molecule has 7 heteroatoms. The van der Waals surface area contributed by atoms with Crippen LogP contribution in [0.4, 0.5) is 5.82 Å². The average molecular weight is 243 g/mol. The number of hydrogen-bond acceptors (Lipinski definition) is 5. The van der Waals surface area contributed by atoms with Crippen molar-refractivity contribution in [3.05, 3.63) is 36.0 Å². The number of nitrogens with one attached hydrogen (secondary N) is 1. The Labute approximate surface area is 103 Å². The molecule has 1 N–H and O–H groups in total. The smallest absolute Gasteiger partial charge is 0.254 e. The van der Waals surface area contributed by atoms with Gasteiger partial charge in [0.2, 0.25) is 0 Å². The van der Waals surface area contributed by atoms with Crippen molar-refractivity contribution in [3.63, 3.8) is 0 Å². The molecule has 0 saturated carbocycles. The molecular weight excluding hydrogens is 230 g/mol. The number of hydrogen-bond donors (Lipinski definition) is 1. The minimum absolute atomic E-state index is 0.600. The highest BCUT2D eigenvalue weighted by atomic mass is 15.4. The fourth-order valence-electron chi connectivity index (χ4n) is 1.81. The second kappa shape index (κ2) is 4.10. The van der Waals surface area contributed by atoms with Crippen LogP contribution in [0.15, 0.2) is 24.7 Å². The van der Waals surface area contributed by atoms with Crippen molar-refractivity contribution in [1.82, 2.24) is 29.4 Å². The Hall–Kier alpha value is -2.44. The van der Waals surface area contributed by atoms with Crippen LogP contribution >= 0.6 is 0 Å². The van der Waals surface area contributed by atoms with Gasteiger partial charge in [-0.2, -0.15) is 19.7 Å². The highest BCUT2D eigenvalue weighted by molar-refractivity contribution is 5.44. The van der Waals surface area contributed by atoms with Gasteiger partial charge in [-0.15, -0.1) is 0 Å². The number of fused-ring (bicyclic) bond motifs is 1. The Bertz CT molecular complexity index is 682. The van der Waals surface area contributed by atoms with Crippen LogP contribution in [0.3, 0.4) is 0 Å². The first kappa shape index (κ1) is 10.7. The molecule has 0 fully saturated rings. The standard InChI is InChI=1S/C11H13N7/c1-8-5-10(18-11(16-8)13-7-15-18)12-6-9-3-4-14-17(9)2/h3-5,7,12H,6H2,1-2H3. The molecule has 7 nitrogen and oxygen atoms in total. The number of anilines is 1. The number of rotatable bonds is 3. The zero-order valence-electron chi connectivity index (χ0n) is 10.2. The first-order valence-electron chi connectivity index (χ1n) is 5.62. The van der Waals surface area contributed by atoms with Crippen molar-refractivity contribution < 1.29 is 0 Å². The molecule has 0 aliphatic rings. The van der Waals surface area contributed by atoms with Crippen LogP contribution in [-0.2, 0) is 13.6 Å². The van der Waals surface area contributed by atoms with E-state index in [0.29, 0.717) is 12.3 Å². The summed E-state index contributed by atoms with van der Waals surface area (Å²) in [6.07, 6.45) is 3.27. The average Bonchev–Trinajstić information content (AvgIpc) is 2.94. The lowest BCUT2D eigenvalue weighted by Crippen LogP contribution is -2.09. The van der Waals surface area contributed by atoms with E-state index >= 15 is 0 Å². The molecule has 0 amide bonds. The van der Waals surface area contributed by atoms with Gasteiger partial charge in [-0.25, -0.2) is 4.98 Å². The first-order chi connectivity index (χ1) is 8.74. The topological polar surface area (TPSA) is 72.9 Å². The third-order valence-corrected chi connectivity index (χ3v) is 2.75. The molecule has 0 bridgehead atoms. The van der Waals surface area contributed by atoms with Gasteiger partial charge < -0.3 is 5.32 Å². The zero-order chi connectivity index (χ0) is 12.5. The molecule has 3 heterocycles. The quantitative estimate of drug-likeness (QED) is 0.736. The highest BCUT2D eigenvalue weighted by Gasteiger charge is 2.06. The van der Waals surface area contributed by atoms with Crippen LogP contribution in [-0.4, -0.2) is 29.4 Å². The molecule has 0 radical (unpaired) electrons. The van der Waals surface area contributed by atoms with Crippen molar-refractivity contribution in [1.29, 1.82) is 0 Å². The number of aromatic nitrogens is 6. The van der Waals surface area contributed by atoms with E-state index in [1.54, 1.807) is 10.7 Å². The van der Waals surface area contributed by atoms with Crippen molar-refractivity contribution in [2.45, 2.75) is 13.5 Å². The largest absolute Gasteiger partial charge is 0.364 e. The molecule has 3 rings (SSSR count). The maximum atomic E-state index is 4.29. The molecule has 0 saturated heterocycles. The van der Waals surface area contributed by atoms with E-state index in [1.165, 1.54) is 6.33 Å². The lowest BCUT2D eigenvalue weighted by molar-refractivity contribution is 0.718. The summed E-state index contributed by atoms with van der Waals surface area (Å²) in [6.45, 7) is 2.61. The van der Waals surface area contributed by atoms with Crippen LogP contribution < -0.4 is 5.32 Å². The van der Waals surface area contributed by atoms with Gasteiger partial charge >= 0.3 is 0 Å². The molecule has 92 valence electrons. The Kier molecular flexibility index (Phi) is 2.44. The van der Waals surface area contributed by atoms with E-state index in [1.807, 2.05) is 30.8 Å². The summed E-state index contributed by atoms with van der Waals surface area (Å²) >= 11 is 0. The third kappa shape index (κ3) is 1.79. The van der Waals surface area contributed by atoms with Crippen LogP contribution in [0.5, 0.6) is 0 Å². The predicted octanol–water partition coefficient (Wildman–Crippen LogP) is 0.778. The Morgan fingerprint density at radius 3 is 3.00 bits per heavy atom. The minimum Gasteiger partial charge on any atom is -0.364 e. The zero-order valence-corrected chi connectivity index (χ0v) is 10.2. The monoisotopic (exact) mass is 243 g/mol. The van der Waals surface area contributed by atoms with Crippen molar-refractivity contribution in [2.24, 2.45) is 7.05 Å². The third-order valence-electron chi connectivity index (χ3n) is 2.75. The summed E-state index contributed by atoms with van der Waals surface area (Å²) in [5.41, 5.74) is 2.00. The lowest BCUT2D eigenvalue weighted by atomic mass is 10.4. The van der Waals surface area contributed by atoms with Gasteiger partial charge in [-0.05, 0) is 13.0 Å². The number of aryl methyl sites for hydroxylation is 2. The normalized spacial score (nSPS) is 11.0. The second-order valence-electron chi connectivity index (χ2n) is 4.05. The molecule has 0 aliphatic carbocycles. The maximum Gasteiger partial charge on any atom is 0.254 e. The number of nitrogens with zero attached hydrogens (tertiary/aromatic N) is 6. The molecule has 0 aliphatic heterocycles. The van der Waals surface area contributed by atoms with Gasteiger partial charge in [0, 0.05) is 25.0 Å².